The lowest BCUT2D eigenvalue weighted by Gasteiger charge is -2.13. The van der Waals surface area contributed by atoms with E-state index < -0.39 is 0 Å². The fourth-order valence-corrected chi connectivity index (χ4v) is 2.85. The lowest BCUT2D eigenvalue weighted by Crippen LogP contribution is -1.96. The third-order valence-corrected chi connectivity index (χ3v) is 3.62. The van der Waals surface area contributed by atoms with Gasteiger partial charge in [-0.05, 0) is 12.1 Å². The molecule has 2 heterocycles. The zero-order chi connectivity index (χ0) is 10.3. The zero-order valence-electron chi connectivity index (χ0n) is 7.93. The first-order chi connectivity index (χ1) is 7.40. The standard InChI is InChI=1S/C11H9NO2S/c13-5-9-8-6-15-10-4-2-1-3-7(10)11(8)14-12-9/h1-4,13H,5-6H2. The molecule has 0 bridgehead atoms. The van der Waals surface area contributed by atoms with Crippen molar-refractivity contribution < 1.29 is 9.63 Å². The van der Waals surface area contributed by atoms with Gasteiger partial charge in [0.25, 0.3) is 0 Å². The number of aromatic nitrogens is 1. The van der Waals surface area contributed by atoms with Crippen molar-refractivity contribution in [3.63, 3.8) is 0 Å². The molecular weight excluding hydrogens is 210 g/mol. The summed E-state index contributed by atoms with van der Waals surface area (Å²) in [4.78, 5) is 1.21. The van der Waals surface area contributed by atoms with E-state index in [-0.39, 0.29) is 6.61 Å². The van der Waals surface area contributed by atoms with Crippen molar-refractivity contribution in [2.75, 3.05) is 0 Å². The van der Waals surface area contributed by atoms with Crippen LogP contribution >= 0.6 is 11.8 Å². The van der Waals surface area contributed by atoms with Crippen molar-refractivity contribution in [3.8, 4) is 11.3 Å². The van der Waals surface area contributed by atoms with Gasteiger partial charge >= 0.3 is 0 Å². The van der Waals surface area contributed by atoms with Gasteiger partial charge in [0.05, 0.1) is 6.61 Å². The van der Waals surface area contributed by atoms with E-state index in [9.17, 15) is 0 Å². The first-order valence-corrected chi connectivity index (χ1v) is 5.69. The molecule has 2 aromatic rings. The summed E-state index contributed by atoms with van der Waals surface area (Å²) >= 11 is 1.75. The topological polar surface area (TPSA) is 46.3 Å². The van der Waals surface area contributed by atoms with Crippen LogP contribution in [0.15, 0.2) is 33.7 Å². The third kappa shape index (κ3) is 1.29. The highest BCUT2D eigenvalue weighted by Gasteiger charge is 2.23. The van der Waals surface area contributed by atoms with E-state index in [1.165, 1.54) is 4.90 Å². The molecule has 0 unspecified atom stereocenters. The van der Waals surface area contributed by atoms with Crippen molar-refractivity contribution in [1.82, 2.24) is 5.16 Å². The number of thioether (sulfide) groups is 1. The Balaban J connectivity index is 2.22. The van der Waals surface area contributed by atoms with E-state index in [4.69, 9.17) is 9.63 Å². The summed E-state index contributed by atoms with van der Waals surface area (Å²) in [6.45, 7) is -0.0540. The number of benzene rings is 1. The average Bonchev–Trinajstić information content (AvgIpc) is 2.72. The molecule has 1 N–H and O–H groups in total. The molecule has 3 rings (SSSR count). The molecule has 0 atom stereocenters. The van der Waals surface area contributed by atoms with Crippen LogP contribution in [0.4, 0.5) is 0 Å². The molecule has 3 nitrogen and oxygen atoms in total. The normalized spacial score (nSPS) is 13.4. The quantitative estimate of drug-likeness (QED) is 0.800. The molecule has 1 aromatic heterocycles. The van der Waals surface area contributed by atoms with E-state index in [1.807, 2.05) is 18.2 Å². The van der Waals surface area contributed by atoms with Crippen LogP contribution in [-0.4, -0.2) is 10.3 Å². The summed E-state index contributed by atoms with van der Waals surface area (Å²) in [5, 5.41) is 13.0. The molecule has 4 heteroatoms. The minimum Gasteiger partial charge on any atom is -0.390 e. The first kappa shape index (κ1) is 9.00. The van der Waals surface area contributed by atoms with Gasteiger partial charge < -0.3 is 9.63 Å². The summed E-state index contributed by atoms with van der Waals surface area (Å²) in [5.41, 5.74) is 2.77. The SMILES string of the molecule is OCc1noc2c1CSc1ccccc1-2. The van der Waals surface area contributed by atoms with Gasteiger partial charge in [0.15, 0.2) is 5.76 Å². The minimum atomic E-state index is -0.0540. The summed E-state index contributed by atoms with van der Waals surface area (Å²) in [6.07, 6.45) is 0. The maximum Gasteiger partial charge on any atom is 0.172 e. The Labute approximate surface area is 91.1 Å². The number of aliphatic hydroxyl groups excluding tert-OH is 1. The van der Waals surface area contributed by atoms with Crippen LogP contribution in [0.5, 0.6) is 0 Å². The second kappa shape index (κ2) is 3.40. The van der Waals surface area contributed by atoms with Gasteiger partial charge in [0, 0.05) is 21.8 Å². The smallest absolute Gasteiger partial charge is 0.172 e. The first-order valence-electron chi connectivity index (χ1n) is 4.70. The van der Waals surface area contributed by atoms with E-state index in [2.05, 4.69) is 11.2 Å². The third-order valence-electron chi connectivity index (χ3n) is 2.52. The highest BCUT2D eigenvalue weighted by atomic mass is 32.2. The Kier molecular flexibility index (Phi) is 2.04. The van der Waals surface area contributed by atoms with Crippen LogP contribution in [0.1, 0.15) is 11.3 Å². The van der Waals surface area contributed by atoms with Crippen LogP contribution < -0.4 is 0 Å². The van der Waals surface area contributed by atoms with Gasteiger partial charge in [0.2, 0.25) is 0 Å². The summed E-state index contributed by atoms with van der Waals surface area (Å²) < 4.78 is 5.28. The minimum absolute atomic E-state index is 0.0540. The summed E-state index contributed by atoms with van der Waals surface area (Å²) in [7, 11) is 0. The zero-order valence-corrected chi connectivity index (χ0v) is 8.75. The molecule has 76 valence electrons. The van der Waals surface area contributed by atoms with E-state index >= 15 is 0 Å². The summed E-state index contributed by atoms with van der Waals surface area (Å²) in [5.74, 6) is 1.64. The van der Waals surface area contributed by atoms with Gasteiger partial charge in [-0.2, -0.15) is 0 Å². The molecule has 0 saturated heterocycles. The average molecular weight is 219 g/mol. The molecule has 0 aliphatic carbocycles. The van der Waals surface area contributed by atoms with Crippen molar-refractivity contribution >= 4 is 11.8 Å². The van der Waals surface area contributed by atoms with Crippen LogP contribution in [0, 0.1) is 0 Å². The van der Waals surface area contributed by atoms with Crippen molar-refractivity contribution in [1.29, 1.82) is 0 Å². The van der Waals surface area contributed by atoms with Gasteiger partial charge in [-0.3, -0.25) is 0 Å². The number of nitrogens with zero attached hydrogens (tertiary/aromatic N) is 1. The maximum atomic E-state index is 9.10. The highest BCUT2D eigenvalue weighted by molar-refractivity contribution is 7.98. The predicted molar refractivity (Wildman–Crippen MR) is 57.4 cm³/mol. The van der Waals surface area contributed by atoms with Gasteiger partial charge in [-0.25, -0.2) is 0 Å². The second-order valence-electron chi connectivity index (χ2n) is 3.38. The second-order valence-corrected chi connectivity index (χ2v) is 4.40. The van der Waals surface area contributed by atoms with E-state index in [0.717, 1.165) is 22.6 Å². The Morgan fingerprint density at radius 2 is 2.27 bits per heavy atom. The van der Waals surface area contributed by atoms with E-state index in [0.29, 0.717) is 5.69 Å². The molecule has 0 radical (unpaired) electrons. The number of hydrogen-bond acceptors (Lipinski definition) is 4. The Morgan fingerprint density at radius 1 is 1.40 bits per heavy atom. The predicted octanol–water partition coefficient (Wildman–Crippen LogP) is 2.44. The van der Waals surface area contributed by atoms with Crippen LogP contribution in [0.25, 0.3) is 11.3 Å². The molecule has 1 aliphatic rings. The van der Waals surface area contributed by atoms with E-state index in [1.54, 1.807) is 11.8 Å². The molecule has 0 amide bonds. The molecule has 1 aliphatic heterocycles. The monoisotopic (exact) mass is 219 g/mol. The lowest BCUT2D eigenvalue weighted by atomic mass is 10.1. The Hall–Kier alpha value is -1.26. The number of aliphatic hydroxyl groups is 1. The number of rotatable bonds is 1. The van der Waals surface area contributed by atoms with Crippen molar-refractivity contribution in [2.45, 2.75) is 17.3 Å². The molecule has 0 spiro atoms. The molecule has 0 fully saturated rings. The van der Waals surface area contributed by atoms with Crippen LogP contribution in [0.2, 0.25) is 0 Å². The van der Waals surface area contributed by atoms with Gasteiger partial charge in [-0.1, -0.05) is 17.3 Å². The summed E-state index contributed by atoms with van der Waals surface area (Å²) in [6, 6.07) is 8.09. The van der Waals surface area contributed by atoms with Crippen LogP contribution in [-0.2, 0) is 12.4 Å². The Morgan fingerprint density at radius 3 is 3.13 bits per heavy atom. The van der Waals surface area contributed by atoms with Crippen molar-refractivity contribution in [3.05, 3.63) is 35.5 Å². The van der Waals surface area contributed by atoms with Gasteiger partial charge in [0.1, 0.15) is 5.69 Å². The number of fused-ring (bicyclic) bond motifs is 3. The number of hydrogen-bond donors (Lipinski definition) is 1. The van der Waals surface area contributed by atoms with Crippen LogP contribution in [0.3, 0.4) is 0 Å². The lowest BCUT2D eigenvalue weighted by molar-refractivity contribution is 0.266. The van der Waals surface area contributed by atoms with Gasteiger partial charge in [-0.15, -0.1) is 11.8 Å². The molecule has 1 aromatic carbocycles. The molecular formula is C11H9NO2S. The molecule has 0 saturated carbocycles. The Bertz CT molecular complexity index is 507. The fourth-order valence-electron chi connectivity index (χ4n) is 1.76. The molecule has 15 heavy (non-hydrogen) atoms. The highest BCUT2D eigenvalue weighted by Crippen LogP contribution is 2.42. The largest absolute Gasteiger partial charge is 0.390 e. The van der Waals surface area contributed by atoms with Crippen molar-refractivity contribution in [2.24, 2.45) is 0 Å². The fraction of sp³-hybridized carbons (Fsp3) is 0.182. The maximum absolute atomic E-state index is 9.10.